The lowest BCUT2D eigenvalue weighted by molar-refractivity contribution is 0.373. The van der Waals surface area contributed by atoms with Gasteiger partial charge in [-0.25, -0.2) is 4.39 Å². The van der Waals surface area contributed by atoms with Gasteiger partial charge in [-0.2, -0.15) is 15.0 Å². The van der Waals surface area contributed by atoms with Crippen molar-refractivity contribution in [2.24, 2.45) is 5.92 Å². The first-order valence-electron chi connectivity index (χ1n) is 11.9. The number of nitrogens with one attached hydrogen (secondary N) is 4. The van der Waals surface area contributed by atoms with E-state index in [1.54, 1.807) is 6.07 Å². The van der Waals surface area contributed by atoms with E-state index in [1.165, 1.54) is 50.7 Å². The van der Waals surface area contributed by atoms with Crippen LogP contribution in [0.5, 0.6) is 5.75 Å². The zero-order chi connectivity index (χ0) is 22.3. The number of phenolic OH excluding ortho intramolecular Hbond substituents is 1. The lowest BCUT2D eigenvalue weighted by atomic mass is 9.89. The summed E-state index contributed by atoms with van der Waals surface area (Å²) in [6.45, 7) is 4.02. The quantitative estimate of drug-likeness (QED) is 0.363. The zero-order valence-corrected chi connectivity index (χ0v) is 18.7. The Kier molecular flexibility index (Phi) is 7.57. The lowest BCUT2D eigenvalue weighted by Gasteiger charge is -2.24. The van der Waals surface area contributed by atoms with Crippen molar-refractivity contribution in [3.05, 3.63) is 24.0 Å². The van der Waals surface area contributed by atoms with Crippen molar-refractivity contribution in [3.63, 3.8) is 0 Å². The minimum absolute atomic E-state index is 0.213. The van der Waals surface area contributed by atoms with Crippen LogP contribution in [0.1, 0.15) is 58.3 Å². The fourth-order valence-corrected chi connectivity index (χ4v) is 4.62. The van der Waals surface area contributed by atoms with Gasteiger partial charge in [-0.05, 0) is 56.7 Å². The predicted octanol–water partition coefficient (Wildman–Crippen LogP) is 4.39. The van der Waals surface area contributed by atoms with Crippen LogP contribution in [-0.4, -0.2) is 45.2 Å². The third kappa shape index (κ3) is 5.97. The second-order valence-corrected chi connectivity index (χ2v) is 8.84. The van der Waals surface area contributed by atoms with Crippen molar-refractivity contribution in [3.8, 4) is 5.75 Å². The Hall–Kier alpha value is -2.68. The maximum atomic E-state index is 13.8. The molecular formula is C23H34FN7O. The van der Waals surface area contributed by atoms with E-state index in [-0.39, 0.29) is 6.04 Å². The van der Waals surface area contributed by atoms with Gasteiger partial charge in [-0.3, -0.25) is 0 Å². The Morgan fingerprint density at radius 3 is 2.56 bits per heavy atom. The molecule has 2 fully saturated rings. The number of phenols is 1. The van der Waals surface area contributed by atoms with Gasteiger partial charge in [0.1, 0.15) is 0 Å². The first kappa shape index (κ1) is 22.5. The van der Waals surface area contributed by atoms with Crippen molar-refractivity contribution in [2.45, 2.75) is 70.4 Å². The van der Waals surface area contributed by atoms with E-state index >= 15 is 0 Å². The second kappa shape index (κ2) is 10.8. The maximum absolute atomic E-state index is 13.8. The molecule has 1 aromatic carbocycles. The van der Waals surface area contributed by atoms with Crippen LogP contribution in [0.3, 0.4) is 0 Å². The molecule has 5 N–H and O–H groups in total. The Bertz CT molecular complexity index is 885. The SMILES string of the molecule is CCC(Nc1nc(NCC2CCCCC2)nc(Nc2ccc(O)c(F)c2)n1)C1CCCN1. The summed E-state index contributed by atoms with van der Waals surface area (Å²) in [5.41, 5.74) is 0.459. The van der Waals surface area contributed by atoms with Crippen molar-refractivity contribution >= 4 is 23.5 Å². The smallest absolute Gasteiger partial charge is 0.233 e. The van der Waals surface area contributed by atoms with E-state index in [1.807, 2.05) is 0 Å². The Labute approximate surface area is 188 Å². The largest absolute Gasteiger partial charge is 0.505 e. The zero-order valence-electron chi connectivity index (χ0n) is 18.7. The number of aromatic nitrogens is 3. The highest BCUT2D eigenvalue weighted by Crippen LogP contribution is 2.25. The van der Waals surface area contributed by atoms with E-state index in [0.717, 1.165) is 25.9 Å². The molecule has 1 saturated carbocycles. The van der Waals surface area contributed by atoms with Gasteiger partial charge in [0.15, 0.2) is 11.6 Å². The van der Waals surface area contributed by atoms with Crippen molar-refractivity contribution in [2.75, 3.05) is 29.0 Å². The summed E-state index contributed by atoms with van der Waals surface area (Å²) >= 11 is 0. The molecule has 0 amide bonds. The molecule has 32 heavy (non-hydrogen) atoms. The summed E-state index contributed by atoms with van der Waals surface area (Å²) in [6.07, 6.45) is 9.58. The highest BCUT2D eigenvalue weighted by molar-refractivity contribution is 5.57. The second-order valence-electron chi connectivity index (χ2n) is 8.84. The van der Waals surface area contributed by atoms with Crippen LogP contribution in [-0.2, 0) is 0 Å². The molecule has 4 rings (SSSR count). The number of rotatable bonds is 9. The number of benzene rings is 1. The number of halogens is 1. The number of hydrogen-bond acceptors (Lipinski definition) is 8. The molecule has 1 saturated heterocycles. The molecule has 0 radical (unpaired) electrons. The van der Waals surface area contributed by atoms with E-state index in [0.29, 0.717) is 35.5 Å². The van der Waals surface area contributed by atoms with Crippen molar-refractivity contribution < 1.29 is 9.50 Å². The van der Waals surface area contributed by atoms with Crippen LogP contribution in [0.4, 0.5) is 27.9 Å². The van der Waals surface area contributed by atoms with E-state index in [9.17, 15) is 9.50 Å². The van der Waals surface area contributed by atoms with Crippen LogP contribution < -0.4 is 21.3 Å². The Morgan fingerprint density at radius 1 is 1.06 bits per heavy atom. The molecule has 0 spiro atoms. The summed E-state index contributed by atoms with van der Waals surface area (Å²) in [5.74, 6) is 0.866. The topological polar surface area (TPSA) is 107 Å². The molecule has 2 aliphatic rings. The molecule has 1 aliphatic heterocycles. The number of aromatic hydroxyl groups is 1. The average molecular weight is 444 g/mol. The molecule has 2 atom stereocenters. The summed E-state index contributed by atoms with van der Waals surface area (Å²) < 4.78 is 13.8. The summed E-state index contributed by atoms with van der Waals surface area (Å²) in [5, 5.41) is 22.9. The van der Waals surface area contributed by atoms with Crippen LogP contribution in [0, 0.1) is 11.7 Å². The van der Waals surface area contributed by atoms with Gasteiger partial charge >= 0.3 is 0 Å². The van der Waals surface area contributed by atoms with Crippen LogP contribution in [0.25, 0.3) is 0 Å². The minimum Gasteiger partial charge on any atom is -0.505 e. The molecular weight excluding hydrogens is 409 g/mol. The van der Waals surface area contributed by atoms with Gasteiger partial charge in [0.25, 0.3) is 0 Å². The molecule has 2 heterocycles. The number of nitrogens with zero attached hydrogens (tertiary/aromatic N) is 3. The predicted molar refractivity (Wildman–Crippen MR) is 125 cm³/mol. The molecule has 0 bridgehead atoms. The van der Waals surface area contributed by atoms with Crippen LogP contribution >= 0.6 is 0 Å². The Morgan fingerprint density at radius 2 is 1.84 bits per heavy atom. The molecule has 2 unspecified atom stereocenters. The highest BCUT2D eigenvalue weighted by atomic mass is 19.1. The summed E-state index contributed by atoms with van der Waals surface area (Å²) in [7, 11) is 0. The van der Waals surface area contributed by atoms with Gasteiger partial charge in [0, 0.05) is 30.4 Å². The Balaban J connectivity index is 1.52. The first-order chi connectivity index (χ1) is 15.6. The normalized spacial score (nSPS) is 20.1. The van der Waals surface area contributed by atoms with Crippen LogP contribution in [0.2, 0.25) is 0 Å². The first-order valence-corrected chi connectivity index (χ1v) is 11.9. The molecule has 8 nitrogen and oxygen atoms in total. The van der Waals surface area contributed by atoms with Crippen molar-refractivity contribution in [1.29, 1.82) is 0 Å². The van der Waals surface area contributed by atoms with Gasteiger partial charge in [0.2, 0.25) is 17.8 Å². The fourth-order valence-electron chi connectivity index (χ4n) is 4.62. The third-order valence-electron chi connectivity index (χ3n) is 6.45. The molecule has 2 aromatic rings. The minimum atomic E-state index is -0.698. The van der Waals surface area contributed by atoms with Crippen LogP contribution in [0.15, 0.2) is 18.2 Å². The van der Waals surface area contributed by atoms with Gasteiger partial charge in [-0.15, -0.1) is 0 Å². The van der Waals surface area contributed by atoms with Gasteiger partial charge in [0.05, 0.1) is 0 Å². The van der Waals surface area contributed by atoms with Crippen molar-refractivity contribution in [1.82, 2.24) is 20.3 Å². The van der Waals surface area contributed by atoms with E-state index < -0.39 is 11.6 Å². The summed E-state index contributed by atoms with van der Waals surface area (Å²) in [4.78, 5) is 13.7. The number of hydrogen-bond donors (Lipinski definition) is 5. The molecule has 9 heteroatoms. The van der Waals surface area contributed by atoms with Gasteiger partial charge in [-0.1, -0.05) is 26.2 Å². The average Bonchev–Trinajstić information content (AvgIpc) is 3.34. The van der Waals surface area contributed by atoms with E-state index in [4.69, 9.17) is 0 Å². The number of anilines is 4. The molecule has 174 valence electrons. The summed E-state index contributed by atoms with van der Waals surface area (Å²) in [6, 6.07) is 4.71. The van der Waals surface area contributed by atoms with Gasteiger partial charge < -0.3 is 26.4 Å². The highest BCUT2D eigenvalue weighted by Gasteiger charge is 2.24. The maximum Gasteiger partial charge on any atom is 0.233 e. The molecule has 1 aromatic heterocycles. The molecule has 1 aliphatic carbocycles. The monoisotopic (exact) mass is 443 g/mol. The van der Waals surface area contributed by atoms with E-state index in [2.05, 4.69) is 43.1 Å². The lowest BCUT2D eigenvalue weighted by Crippen LogP contribution is -2.40. The standard InChI is InChI=1S/C23H34FN7O/c1-2-18(19-9-6-12-25-19)28-23-30-21(26-14-15-7-4-3-5-8-15)29-22(31-23)27-16-10-11-20(32)17(24)13-16/h10-11,13,15,18-19,25,32H,2-9,12,14H2,1H3,(H3,26,27,28,29,30,31). The fraction of sp³-hybridized carbons (Fsp3) is 0.609. The third-order valence-corrected chi connectivity index (χ3v) is 6.45.